The predicted octanol–water partition coefficient (Wildman–Crippen LogP) is 13.9. The van der Waals surface area contributed by atoms with E-state index in [1.54, 1.807) is 0 Å². The smallest absolute Gasteiger partial charge is 0.0730 e. The zero-order valence-corrected chi connectivity index (χ0v) is 28.9. The van der Waals surface area contributed by atoms with Crippen LogP contribution in [-0.4, -0.2) is 9.55 Å². The number of fused-ring (bicyclic) bond motifs is 11. The first-order valence-electron chi connectivity index (χ1n) is 17.7. The van der Waals surface area contributed by atoms with Gasteiger partial charge in [-0.05, 0) is 46.2 Å². The van der Waals surface area contributed by atoms with Crippen molar-refractivity contribution in [2.45, 2.75) is 0 Å². The third-order valence-corrected chi connectivity index (χ3v) is 11.8. The van der Waals surface area contributed by atoms with Crippen LogP contribution in [0.5, 0.6) is 0 Å². The minimum atomic E-state index is 0.948. The molecule has 3 heterocycles. The van der Waals surface area contributed by atoms with E-state index in [9.17, 15) is 0 Å². The largest absolute Gasteiger partial charge is 0.308 e. The monoisotopic (exact) mass is 678 g/mol. The summed E-state index contributed by atoms with van der Waals surface area (Å²) in [4.78, 5) is 5.28. The van der Waals surface area contributed by atoms with Crippen LogP contribution in [0.2, 0.25) is 0 Å². The number of aromatic nitrogens is 2. The van der Waals surface area contributed by atoms with E-state index >= 15 is 0 Å². The fraction of sp³-hybridized carbons (Fsp3) is 0. The number of hydrogen-bond acceptors (Lipinski definition) is 2. The molecule has 0 bridgehead atoms. The van der Waals surface area contributed by atoms with Gasteiger partial charge in [0.15, 0.2) is 0 Å². The number of pyridine rings is 1. The van der Waals surface area contributed by atoms with Gasteiger partial charge >= 0.3 is 0 Å². The molecule has 0 aliphatic heterocycles. The van der Waals surface area contributed by atoms with Gasteiger partial charge in [-0.1, -0.05) is 158 Å². The summed E-state index contributed by atoms with van der Waals surface area (Å²) in [5.41, 5.74) is 10.0. The van der Waals surface area contributed by atoms with Gasteiger partial charge in [-0.15, -0.1) is 11.3 Å². The summed E-state index contributed by atoms with van der Waals surface area (Å²) in [5.74, 6) is 0. The average Bonchev–Trinajstić information content (AvgIpc) is 3.77. The third kappa shape index (κ3) is 4.40. The summed E-state index contributed by atoms with van der Waals surface area (Å²) < 4.78 is 5.17. The quantitative estimate of drug-likeness (QED) is 0.181. The lowest BCUT2D eigenvalue weighted by Gasteiger charge is -2.15. The van der Waals surface area contributed by atoms with Crippen molar-refractivity contribution in [1.29, 1.82) is 0 Å². The highest BCUT2D eigenvalue weighted by molar-refractivity contribution is 7.27. The number of hydrogen-bond donors (Lipinski definition) is 0. The summed E-state index contributed by atoms with van der Waals surface area (Å²) in [6, 6.07) is 65.9. The predicted molar refractivity (Wildman–Crippen MR) is 223 cm³/mol. The lowest BCUT2D eigenvalue weighted by atomic mass is 9.96. The van der Waals surface area contributed by atoms with Crippen molar-refractivity contribution in [3.05, 3.63) is 182 Å². The maximum atomic E-state index is 5.28. The Labute approximate surface area is 304 Å². The Bertz CT molecular complexity index is 3110. The fourth-order valence-corrected chi connectivity index (χ4v) is 9.49. The molecule has 8 aromatic carbocycles. The molecular formula is C49H30N2S. The molecule has 0 spiro atoms. The zero-order valence-electron chi connectivity index (χ0n) is 28.1. The maximum absolute atomic E-state index is 5.28. The Balaban J connectivity index is 1.34. The van der Waals surface area contributed by atoms with Gasteiger partial charge in [-0.25, -0.2) is 4.98 Å². The molecule has 0 atom stereocenters. The van der Waals surface area contributed by atoms with Crippen LogP contribution in [0, 0.1) is 0 Å². The molecule has 11 aromatic rings. The fourth-order valence-electron chi connectivity index (χ4n) is 8.24. The Morgan fingerprint density at radius 2 is 1.04 bits per heavy atom. The summed E-state index contributed by atoms with van der Waals surface area (Å²) in [7, 11) is 0. The average molecular weight is 679 g/mol. The molecule has 0 aliphatic rings. The Morgan fingerprint density at radius 3 is 1.79 bits per heavy atom. The van der Waals surface area contributed by atoms with E-state index in [1.807, 2.05) is 11.3 Å². The lowest BCUT2D eigenvalue weighted by molar-refractivity contribution is 1.16. The van der Waals surface area contributed by atoms with E-state index in [1.165, 1.54) is 74.6 Å². The molecule has 0 amide bonds. The van der Waals surface area contributed by atoms with Crippen LogP contribution in [0.4, 0.5) is 0 Å². The Kier molecular flexibility index (Phi) is 6.46. The van der Waals surface area contributed by atoms with Crippen molar-refractivity contribution >= 4 is 74.9 Å². The van der Waals surface area contributed by atoms with Crippen molar-refractivity contribution in [3.8, 4) is 39.3 Å². The van der Waals surface area contributed by atoms with E-state index in [0.717, 1.165) is 28.2 Å². The Hall–Kier alpha value is -6.55. The highest BCUT2D eigenvalue weighted by Crippen LogP contribution is 2.49. The second-order valence-electron chi connectivity index (χ2n) is 13.5. The number of nitrogens with zero attached hydrogens (tertiary/aromatic N) is 2. The molecular weight excluding hydrogens is 649 g/mol. The van der Waals surface area contributed by atoms with Gasteiger partial charge in [-0.2, -0.15) is 0 Å². The minimum absolute atomic E-state index is 0.948. The molecule has 0 fully saturated rings. The van der Waals surface area contributed by atoms with Gasteiger partial charge in [-0.3, -0.25) is 0 Å². The highest BCUT2D eigenvalue weighted by atomic mass is 32.1. The van der Waals surface area contributed by atoms with Crippen molar-refractivity contribution in [2.75, 3.05) is 0 Å². The second kappa shape index (κ2) is 11.5. The molecule has 0 radical (unpaired) electrons. The molecule has 0 unspecified atom stereocenters. The van der Waals surface area contributed by atoms with Crippen LogP contribution < -0.4 is 0 Å². The molecule has 0 aliphatic carbocycles. The van der Waals surface area contributed by atoms with Gasteiger partial charge in [0.05, 0.1) is 28.1 Å². The van der Waals surface area contributed by atoms with Gasteiger partial charge in [0, 0.05) is 52.8 Å². The van der Waals surface area contributed by atoms with Gasteiger partial charge in [0.2, 0.25) is 0 Å². The molecule has 0 saturated carbocycles. The van der Waals surface area contributed by atoms with Gasteiger partial charge in [0.25, 0.3) is 0 Å². The van der Waals surface area contributed by atoms with Crippen molar-refractivity contribution in [3.63, 3.8) is 0 Å². The molecule has 0 saturated heterocycles. The van der Waals surface area contributed by atoms with Crippen LogP contribution in [0.3, 0.4) is 0 Å². The van der Waals surface area contributed by atoms with Gasteiger partial charge in [0.1, 0.15) is 0 Å². The molecule has 0 N–H and O–H groups in total. The Morgan fingerprint density at radius 1 is 0.423 bits per heavy atom. The summed E-state index contributed by atoms with van der Waals surface area (Å²) in [6.45, 7) is 0. The number of thiophene rings is 1. The molecule has 3 heteroatoms. The number of rotatable bonds is 4. The first kappa shape index (κ1) is 29.2. The SMILES string of the molecule is c1ccc(-c2cc(-n3c4cc(-c5cccc6ccccc56)ccc4c4c5c6ccccc6sc5c5ccccc5c43)cc(-c3ccccc3)n2)cc1. The highest BCUT2D eigenvalue weighted by Gasteiger charge is 2.23. The topological polar surface area (TPSA) is 17.8 Å². The molecule has 52 heavy (non-hydrogen) atoms. The maximum Gasteiger partial charge on any atom is 0.0730 e. The first-order valence-corrected chi connectivity index (χ1v) is 18.5. The van der Waals surface area contributed by atoms with Crippen LogP contribution in [0.15, 0.2) is 182 Å². The van der Waals surface area contributed by atoms with E-state index in [2.05, 4.69) is 187 Å². The zero-order chi connectivity index (χ0) is 34.2. The van der Waals surface area contributed by atoms with Crippen molar-refractivity contribution in [2.24, 2.45) is 0 Å². The summed E-state index contributed by atoms with van der Waals surface area (Å²) in [5, 5.41) is 10.2. The van der Waals surface area contributed by atoms with E-state index < -0.39 is 0 Å². The van der Waals surface area contributed by atoms with Crippen molar-refractivity contribution in [1.82, 2.24) is 9.55 Å². The molecule has 242 valence electrons. The molecule has 3 aromatic heterocycles. The van der Waals surface area contributed by atoms with Crippen LogP contribution in [0.25, 0.3) is 103 Å². The third-order valence-electron chi connectivity index (χ3n) is 10.5. The normalized spacial score (nSPS) is 11.8. The first-order chi connectivity index (χ1) is 25.8. The van der Waals surface area contributed by atoms with Crippen LogP contribution >= 0.6 is 11.3 Å². The van der Waals surface area contributed by atoms with Gasteiger partial charge < -0.3 is 4.57 Å². The minimum Gasteiger partial charge on any atom is -0.308 e. The summed E-state index contributed by atoms with van der Waals surface area (Å²) in [6.07, 6.45) is 0. The van der Waals surface area contributed by atoms with Crippen LogP contribution in [0.1, 0.15) is 0 Å². The van der Waals surface area contributed by atoms with E-state index in [-0.39, 0.29) is 0 Å². The van der Waals surface area contributed by atoms with E-state index in [0.29, 0.717) is 0 Å². The molecule has 11 rings (SSSR count). The molecule has 2 nitrogen and oxygen atoms in total. The van der Waals surface area contributed by atoms with Crippen molar-refractivity contribution < 1.29 is 0 Å². The summed E-state index contributed by atoms with van der Waals surface area (Å²) >= 11 is 1.90. The second-order valence-corrected chi connectivity index (χ2v) is 14.5. The standard InChI is InChI=1S/C49H30N2S/c1-3-15-32(16-4-1)42-29-35(30-43(50-42)33-17-5-2-6-18-33)51-44-28-34(37-24-13-19-31-14-7-8-20-36(31)37)26-27-40(44)46-47-41-23-11-12-25-45(41)52-49(47)39-22-10-9-21-38(39)48(46)51/h1-30H. The lowest BCUT2D eigenvalue weighted by Crippen LogP contribution is -1.99. The number of benzene rings is 8. The van der Waals surface area contributed by atoms with E-state index in [4.69, 9.17) is 4.98 Å². The van der Waals surface area contributed by atoms with Crippen LogP contribution in [-0.2, 0) is 0 Å².